The van der Waals surface area contributed by atoms with Crippen LogP contribution in [-0.4, -0.2) is 33.7 Å². The van der Waals surface area contributed by atoms with E-state index in [1.54, 1.807) is 0 Å². The molecule has 2 aromatic rings. The number of carbonyl (C=O) groups excluding carboxylic acids is 3. The molecule has 30 heavy (non-hydrogen) atoms. The summed E-state index contributed by atoms with van der Waals surface area (Å²) >= 11 is 0. The Hall–Kier alpha value is -3.44. The zero-order valence-corrected chi connectivity index (χ0v) is 15.4. The smallest absolute Gasteiger partial charge is 0.316 e. The number of aromatic nitrogens is 2. The Balaban J connectivity index is 2.25. The molecule has 7 nitrogen and oxygen atoms in total. The summed E-state index contributed by atoms with van der Waals surface area (Å²) in [5, 5.41) is 3.81. The lowest BCUT2D eigenvalue weighted by Crippen LogP contribution is -2.31. The van der Waals surface area contributed by atoms with E-state index in [1.807, 2.05) is 0 Å². The highest BCUT2D eigenvalue weighted by atomic mass is 19.4. The van der Waals surface area contributed by atoms with Gasteiger partial charge in [0, 0.05) is 31.3 Å². The van der Waals surface area contributed by atoms with E-state index in [1.165, 1.54) is 30.6 Å². The molecule has 0 aliphatic heterocycles. The third-order valence-electron chi connectivity index (χ3n) is 3.69. The van der Waals surface area contributed by atoms with Gasteiger partial charge in [-0.25, -0.2) is 13.8 Å². The molecule has 0 aliphatic rings. The molecule has 2 aromatic heterocycles. The second-order valence-corrected chi connectivity index (χ2v) is 6.10. The standard InChI is InChI=1S/C18H15F5N4O3/c1-9(28)26-14-7-10(2-4-25-14)6-11(29)8-13-15(27-17(30)18(21,22)23)12(16(19)20)3-5-24-13/h2-5,7,16H,6,8H2,1H3,(H,27,30)(H,25,26,28). The van der Waals surface area contributed by atoms with E-state index >= 15 is 0 Å². The average molecular weight is 430 g/mol. The number of ketones is 1. The number of alkyl halides is 5. The van der Waals surface area contributed by atoms with E-state index in [4.69, 9.17) is 0 Å². The van der Waals surface area contributed by atoms with E-state index in [0.29, 0.717) is 5.56 Å². The molecule has 2 heterocycles. The first-order valence-electron chi connectivity index (χ1n) is 8.35. The highest BCUT2D eigenvalue weighted by Crippen LogP contribution is 2.31. The maximum atomic E-state index is 13.2. The van der Waals surface area contributed by atoms with Crippen LogP contribution in [0.25, 0.3) is 0 Å². The molecular weight excluding hydrogens is 415 g/mol. The lowest BCUT2D eigenvalue weighted by Gasteiger charge is -2.15. The first-order chi connectivity index (χ1) is 14.0. The van der Waals surface area contributed by atoms with E-state index in [2.05, 4.69) is 15.3 Å². The summed E-state index contributed by atoms with van der Waals surface area (Å²) in [6.07, 6.45) is -7.11. The molecule has 0 radical (unpaired) electrons. The van der Waals surface area contributed by atoms with Gasteiger partial charge in [0.05, 0.1) is 17.8 Å². The molecule has 0 fully saturated rings. The van der Waals surface area contributed by atoms with Gasteiger partial charge in [-0.15, -0.1) is 0 Å². The van der Waals surface area contributed by atoms with Gasteiger partial charge in [0.2, 0.25) is 5.91 Å². The van der Waals surface area contributed by atoms with Crippen LogP contribution >= 0.6 is 0 Å². The lowest BCUT2D eigenvalue weighted by molar-refractivity contribution is -0.167. The maximum absolute atomic E-state index is 13.2. The topological polar surface area (TPSA) is 101 Å². The Bertz CT molecular complexity index is 963. The molecular formula is C18H15F5N4O3. The summed E-state index contributed by atoms with van der Waals surface area (Å²) in [5.41, 5.74) is -1.74. The minimum Gasteiger partial charge on any atom is -0.316 e. The van der Waals surface area contributed by atoms with Gasteiger partial charge >= 0.3 is 12.1 Å². The first kappa shape index (κ1) is 22.8. The zero-order valence-electron chi connectivity index (χ0n) is 15.4. The molecule has 0 atom stereocenters. The van der Waals surface area contributed by atoms with Crippen molar-refractivity contribution in [2.75, 3.05) is 10.6 Å². The third-order valence-corrected chi connectivity index (χ3v) is 3.69. The first-order valence-corrected chi connectivity index (χ1v) is 8.35. The molecule has 0 aromatic carbocycles. The van der Waals surface area contributed by atoms with Crippen molar-refractivity contribution in [3.63, 3.8) is 0 Å². The monoisotopic (exact) mass is 430 g/mol. The van der Waals surface area contributed by atoms with Crippen LogP contribution < -0.4 is 10.6 Å². The number of anilines is 2. The summed E-state index contributed by atoms with van der Waals surface area (Å²) in [6.45, 7) is 1.26. The molecule has 0 saturated heterocycles. The van der Waals surface area contributed by atoms with Crippen LogP contribution in [0, 0.1) is 0 Å². The number of carbonyl (C=O) groups is 3. The predicted molar refractivity (Wildman–Crippen MR) is 94.8 cm³/mol. The van der Waals surface area contributed by atoms with Crippen molar-refractivity contribution in [2.45, 2.75) is 32.4 Å². The summed E-state index contributed by atoms with van der Waals surface area (Å²) in [6, 6.07) is 3.64. The fourth-order valence-corrected chi connectivity index (χ4v) is 2.48. The van der Waals surface area contributed by atoms with Gasteiger partial charge in [-0.05, 0) is 23.8 Å². The predicted octanol–water partition coefficient (Wildman–Crippen LogP) is 3.23. The van der Waals surface area contributed by atoms with Crippen molar-refractivity contribution in [2.24, 2.45) is 0 Å². The highest BCUT2D eigenvalue weighted by molar-refractivity contribution is 5.97. The van der Waals surface area contributed by atoms with Gasteiger partial charge in [0.1, 0.15) is 11.6 Å². The number of halogens is 5. The van der Waals surface area contributed by atoms with E-state index in [9.17, 15) is 36.3 Å². The van der Waals surface area contributed by atoms with Crippen molar-refractivity contribution >= 4 is 29.1 Å². The van der Waals surface area contributed by atoms with Crippen molar-refractivity contribution in [1.29, 1.82) is 0 Å². The Labute approximate surface area is 166 Å². The van der Waals surface area contributed by atoms with Gasteiger partial charge in [0.15, 0.2) is 0 Å². The van der Waals surface area contributed by atoms with Crippen molar-refractivity contribution in [3.05, 3.63) is 47.4 Å². The molecule has 0 spiro atoms. The summed E-state index contributed by atoms with van der Waals surface area (Å²) in [7, 11) is 0. The van der Waals surface area contributed by atoms with E-state index in [0.717, 1.165) is 12.3 Å². The maximum Gasteiger partial charge on any atom is 0.471 e. The number of nitrogens with zero attached hydrogens (tertiary/aromatic N) is 2. The number of hydrogen-bond acceptors (Lipinski definition) is 5. The Morgan fingerprint density at radius 2 is 1.70 bits per heavy atom. The minimum absolute atomic E-state index is 0.184. The van der Waals surface area contributed by atoms with Gasteiger partial charge in [-0.2, -0.15) is 13.2 Å². The number of Topliss-reactive ketones (excluding diaryl/α,β-unsaturated/α-hetero) is 1. The molecule has 2 N–H and O–H groups in total. The van der Waals surface area contributed by atoms with E-state index in [-0.39, 0.29) is 18.1 Å². The highest BCUT2D eigenvalue weighted by Gasteiger charge is 2.39. The van der Waals surface area contributed by atoms with Crippen LogP contribution in [0.1, 0.15) is 30.2 Å². The molecule has 160 valence electrons. The van der Waals surface area contributed by atoms with Crippen molar-refractivity contribution in [1.82, 2.24) is 9.97 Å². The minimum atomic E-state index is -5.31. The van der Waals surface area contributed by atoms with Crippen molar-refractivity contribution < 1.29 is 36.3 Å². The van der Waals surface area contributed by atoms with Gasteiger partial charge in [0.25, 0.3) is 6.43 Å². The second-order valence-electron chi connectivity index (χ2n) is 6.10. The van der Waals surface area contributed by atoms with Crippen LogP contribution in [0.3, 0.4) is 0 Å². The second kappa shape index (κ2) is 9.37. The molecule has 12 heteroatoms. The normalized spacial score (nSPS) is 11.3. The summed E-state index contributed by atoms with van der Waals surface area (Å²) < 4.78 is 64.1. The largest absolute Gasteiger partial charge is 0.471 e. The van der Waals surface area contributed by atoms with Crippen LogP contribution in [0.15, 0.2) is 30.6 Å². The lowest BCUT2D eigenvalue weighted by atomic mass is 10.0. The average Bonchev–Trinajstić information content (AvgIpc) is 2.61. The third kappa shape index (κ3) is 6.29. The molecule has 0 unspecified atom stereocenters. The van der Waals surface area contributed by atoms with Crippen LogP contribution in [-0.2, 0) is 27.2 Å². The fourth-order valence-electron chi connectivity index (χ4n) is 2.48. The fraction of sp³-hybridized carbons (Fsp3) is 0.278. The van der Waals surface area contributed by atoms with Crippen LogP contribution in [0.4, 0.5) is 33.5 Å². The SMILES string of the molecule is CC(=O)Nc1cc(CC(=O)Cc2nccc(C(F)F)c2NC(=O)C(F)(F)F)ccn1. The van der Waals surface area contributed by atoms with Crippen molar-refractivity contribution in [3.8, 4) is 0 Å². The molecule has 0 aliphatic carbocycles. The number of rotatable bonds is 7. The molecule has 2 rings (SSSR count). The van der Waals surface area contributed by atoms with Gasteiger partial charge in [-0.3, -0.25) is 19.4 Å². The summed E-state index contributed by atoms with van der Waals surface area (Å²) in [4.78, 5) is 42.2. The van der Waals surface area contributed by atoms with Gasteiger partial charge in [-0.1, -0.05) is 0 Å². The van der Waals surface area contributed by atoms with E-state index < -0.39 is 47.7 Å². The van der Waals surface area contributed by atoms with Gasteiger partial charge < -0.3 is 10.6 Å². The molecule has 0 saturated carbocycles. The number of amides is 2. The number of pyridine rings is 2. The molecule has 0 bridgehead atoms. The zero-order chi connectivity index (χ0) is 22.5. The van der Waals surface area contributed by atoms with Crippen LogP contribution in [0.5, 0.6) is 0 Å². The number of nitrogens with one attached hydrogen (secondary N) is 2. The quantitative estimate of drug-likeness (QED) is 0.657. The Kier molecular flexibility index (Phi) is 7.14. The number of hydrogen-bond donors (Lipinski definition) is 2. The Morgan fingerprint density at radius 3 is 2.30 bits per heavy atom. The van der Waals surface area contributed by atoms with Crippen LogP contribution in [0.2, 0.25) is 0 Å². The molecule has 2 amide bonds. The summed E-state index contributed by atoms with van der Waals surface area (Å²) in [5.74, 6) is -3.23. The Morgan fingerprint density at radius 1 is 1.03 bits per heavy atom.